The Balaban J connectivity index is 1.71. The highest BCUT2D eigenvalue weighted by atomic mass is 16.5. The number of piperazine rings is 1. The second kappa shape index (κ2) is 6.72. The molecule has 1 N–H and O–H groups in total. The monoisotopic (exact) mass is 240 g/mol. The zero-order valence-electron chi connectivity index (χ0n) is 11.5. The van der Waals surface area contributed by atoms with Crippen LogP contribution in [-0.4, -0.2) is 49.3 Å². The van der Waals surface area contributed by atoms with Crippen LogP contribution in [0.3, 0.4) is 0 Å². The first kappa shape index (κ1) is 13.3. The largest absolute Gasteiger partial charge is 0.379 e. The van der Waals surface area contributed by atoms with Gasteiger partial charge in [0.25, 0.3) is 0 Å². The Morgan fingerprint density at radius 2 is 2.12 bits per heavy atom. The van der Waals surface area contributed by atoms with Crippen molar-refractivity contribution in [1.82, 2.24) is 10.2 Å². The number of hydrogen-bond donors (Lipinski definition) is 1. The van der Waals surface area contributed by atoms with Gasteiger partial charge < -0.3 is 10.1 Å². The Labute approximate surface area is 106 Å². The van der Waals surface area contributed by atoms with Crippen molar-refractivity contribution in [3.63, 3.8) is 0 Å². The van der Waals surface area contributed by atoms with Gasteiger partial charge in [-0.3, -0.25) is 4.90 Å². The fourth-order valence-corrected chi connectivity index (χ4v) is 3.21. The standard InChI is InChI=1S/C14H28N2O/c1-12(2)17-11-5-9-16-10-8-15-13-6-3-4-7-14(13)16/h12-15H,3-11H2,1-2H3. The quantitative estimate of drug-likeness (QED) is 0.744. The van der Waals surface area contributed by atoms with Gasteiger partial charge in [-0.15, -0.1) is 0 Å². The highest BCUT2D eigenvalue weighted by Gasteiger charge is 2.32. The normalized spacial score (nSPS) is 30.5. The minimum absolute atomic E-state index is 0.375. The number of fused-ring (bicyclic) bond motifs is 1. The molecule has 17 heavy (non-hydrogen) atoms. The summed E-state index contributed by atoms with van der Waals surface area (Å²) in [6.07, 6.45) is 7.16. The molecule has 0 amide bonds. The Morgan fingerprint density at radius 3 is 2.94 bits per heavy atom. The fraction of sp³-hybridized carbons (Fsp3) is 1.00. The summed E-state index contributed by atoms with van der Waals surface area (Å²) in [5, 5.41) is 3.69. The third-order valence-electron chi connectivity index (χ3n) is 4.04. The maximum atomic E-state index is 5.63. The lowest BCUT2D eigenvalue weighted by molar-refractivity contribution is 0.0497. The summed E-state index contributed by atoms with van der Waals surface area (Å²) in [5.74, 6) is 0. The van der Waals surface area contributed by atoms with Crippen LogP contribution in [0.5, 0.6) is 0 Å². The maximum Gasteiger partial charge on any atom is 0.0518 e. The van der Waals surface area contributed by atoms with E-state index >= 15 is 0 Å². The van der Waals surface area contributed by atoms with Crippen LogP contribution in [-0.2, 0) is 4.74 Å². The van der Waals surface area contributed by atoms with Gasteiger partial charge in [0.05, 0.1) is 6.10 Å². The predicted octanol–water partition coefficient (Wildman–Crippen LogP) is 2.02. The summed E-state index contributed by atoms with van der Waals surface area (Å²) in [5.41, 5.74) is 0. The van der Waals surface area contributed by atoms with Gasteiger partial charge in [0.15, 0.2) is 0 Å². The van der Waals surface area contributed by atoms with Crippen molar-refractivity contribution in [2.45, 2.75) is 64.1 Å². The van der Waals surface area contributed by atoms with Crippen LogP contribution in [0, 0.1) is 0 Å². The molecule has 0 aromatic rings. The van der Waals surface area contributed by atoms with E-state index in [1.54, 1.807) is 0 Å². The lowest BCUT2D eigenvalue weighted by Crippen LogP contribution is -2.59. The average Bonchev–Trinajstić information content (AvgIpc) is 2.34. The summed E-state index contributed by atoms with van der Waals surface area (Å²) in [7, 11) is 0. The van der Waals surface area contributed by atoms with E-state index in [-0.39, 0.29) is 0 Å². The average molecular weight is 240 g/mol. The molecular weight excluding hydrogens is 212 g/mol. The molecule has 1 aliphatic carbocycles. The van der Waals surface area contributed by atoms with Crippen LogP contribution >= 0.6 is 0 Å². The topological polar surface area (TPSA) is 24.5 Å². The van der Waals surface area contributed by atoms with Crippen molar-refractivity contribution >= 4 is 0 Å². The maximum absolute atomic E-state index is 5.63. The molecule has 0 bridgehead atoms. The molecule has 1 aliphatic heterocycles. The van der Waals surface area contributed by atoms with E-state index < -0.39 is 0 Å². The molecule has 2 rings (SSSR count). The number of rotatable bonds is 5. The lowest BCUT2D eigenvalue weighted by Gasteiger charge is -2.44. The van der Waals surface area contributed by atoms with E-state index in [0.29, 0.717) is 6.10 Å². The van der Waals surface area contributed by atoms with Crippen LogP contribution in [0.15, 0.2) is 0 Å². The van der Waals surface area contributed by atoms with Gasteiger partial charge in [0, 0.05) is 38.3 Å². The van der Waals surface area contributed by atoms with E-state index in [0.717, 1.165) is 18.7 Å². The number of nitrogens with one attached hydrogen (secondary N) is 1. The minimum atomic E-state index is 0.375. The molecule has 100 valence electrons. The van der Waals surface area contributed by atoms with Crippen molar-refractivity contribution < 1.29 is 4.74 Å². The molecule has 2 unspecified atom stereocenters. The molecular formula is C14H28N2O. The zero-order valence-corrected chi connectivity index (χ0v) is 11.5. The Hall–Kier alpha value is -0.120. The summed E-state index contributed by atoms with van der Waals surface area (Å²) in [6.45, 7) is 8.76. The second-order valence-electron chi connectivity index (χ2n) is 5.72. The number of hydrogen-bond acceptors (Lipinski definition) is 3. The first-order valence-electron chi connectivity index (χ1n) is 7.36. The third kappa shape index (κ3) is 3.94. The zero-order chi connectivity index (χ0) is 12.1. The molecule has 3 heteroatoms. The van der Waals surface area contributed by atoms with E-state index in [4.69, 9.17) is 4.74 Å². The van der Waals surface area contributed by atoms with Crippen LogP contribution in [0.2, 0.25) is 0 Å². The van der Waals surface area contributed by atoms with Gasteiger partial charge in [0.2, 0.25) is 0 Å². The molecule has 3 nitrogen and oxygen atoms in total. The van der Waals surface area contributed by atoms with Crippen LogP contribution < -0.4 is 5.32 Å². The SMILES string of the molecule is CC(C)OCCCN1CCNC2CCCCC21. The van der Waals surface area contributed by atoms with E-state index in [1.807, 2.05) is 0 Å². The van der Waals surface area contributed by atoms with Crippen LogP contribution in [0.4, 0.5) is 0 Å². The van der Waals surface area contributed by atoms with Crippen molar-refractivity contribution in [3.8, 4) is 0 Å². The molecule has 1 saturated carbocycles. The predicted molar refractivity (Wildman–Crippen MR) is 71.3 cm³/mol. The Kier molecular flexibility index (Phi) is 5.26. The van der Waals surface area contributed by atoms with Crippen molar-refractivity contribution in [3.05, 3.63) is 0 Å². The van der Waals surface area contributed by atoms with Gasteiger partial charge in [-0.25, -0.2) is 0 Å². The first-order valence-corrected chi connectivity index (χ1v) is 7.36. The molecule has 2 aliphatic rings. The van der Waals surface area contributed by atoms with E-state index in [1.165, 1.54) is 51.7 Å². The Morgan fingerprint density at radius 1 is 1.29 bits per heavy atom. The third-order valence-corrected chi connectivity index (χ3v) is 4.04. The van der Waals surface area contributed by atoms with Gasteiger partial charge >= 0.3 is 0 Å². The Bertz CT molecular complexity index is 218. The smallest absolute Gasteiger partial charge is 0.0518 e. The lowest BCUT2D eigenvalue weighted by atomic mass is 9.87. The van der Waals surface area contributed by atoms with E-state index in [2.05, 4.69) is 24.1 Å². The summed E-state index contributed by atoms with van der Waals surface area (Å²) >= 11 is 0. The first-order chi connectivity index (χ1) is 8.27. The highest BCUT2D eigenvalue weighted by Crippen LogP contribution is 2.25. The fourth-order valence-electron chi connectivity index (χ4n) is 3.21. The number of nitrogens with zero attached hydrogens (tertiary/aromatic N) is 1. The van der Waals surface area contributed by atoms with E-state index in [9.17, 15) is 0 Å². The molecule has 0 spiro atoms. The molecule has 2 atom stereocenters. The van der Waals surface area contributed by atoms with Crippen molar-refractivity contribution in [2.75, 3.05) is 26.2 Å². The van der Waals surface area contributed by atoms with Crippen molar-refractivity contribution in [1.29, 1.82) is 0 Å². The molecule has 1 heterocycles. The van der Waals surface area contributed by atoms with Crippen LogP contribution in [0.25, 0.3) is 0 Å². The van der Waals surface area contributed by atoms with Gasteiger partial charge in [-0.05, 0) is 33.1 Å². The van der Waals surface area contributed by atoms with Gasteiger partial charge in [-0.1, -0.05) is 12.8 Å². The molecule has 2 fully saturated rings. The molecule has 0 aromatic heterocycles. The summed E-state index contributed by atoms with van der Waals surface area (Å²) in [6, 6.07) is 1.57. The van der Waals surface area contributed by atoms with Gasteiger partial charge in [0.1, 0.15) is 0 Å². The molecule has 0 radical (unpaired) electrons. The minimum Gasteiger partial charge on any atom is -0.379 e. The summed E-state index contributed by atoms with van der Waals surface area (Å²) in [4.78, 5) is 2.70. The van der Waals surface area contributed by atoms with Crippen LogP contribution in [0.1, 0.15) is 46.0 Å². The summed E-state index contributed by atoms with van der Waals surface area (Å²) < 4.78 is 5.63. The second-order valence-corrected chi connectivity index (χ2v) is 5.72. The number of ether oxygens (including phenoxy) is 1. The molecule has 0 aromatic carbocycles. The van der Waals surface area contributed by atoms with Crippen molar-refractivity contribution in [2.24, 2.45) is 0 Å². The van der Waals surface area contributed by atoms with Gasteiger partial charge in [-0.2, -0.15) is 0 Å². The molecule has 1 saturated heterocycles. The highest BCUT2D eigenvalue weighted by molar-refractivity contribution is 4.91.